The summed E-state index contributed by atoms with van der Waals surface area (Å²) < 4.78 is 17.3. The van der Waals surface area contributed by atoms with Crippen molar-refractivity contribution in [2.75, 3.05) is 7.11 Å². The molecule has 1 aromatic heterocycles. The van der Waals surface area contributed by atoms with Gasteiger partial charge in [-0.3, -0.25) is 0 Å². The quantitative estimate of drug-likeness (QED) is 0.409. The van der Waals surface area contributed by atoms with E-state index in [-0.39, 0.29) is 0 Å². The maximum atomic E-state index is 5.95. The molecule has 0 saturated carbocycles. The maximum Gasteiger partial charge on any atom is 0.161 e. The van der Waals surface area contributed by atoms with Crippen molar-refractivity contribution in [1.29, 1.82) is 0 Å². The van der Waals surface area contributed by atoms with Gasteiger partial charge in [-0.2, -0.15) is 0 Å². The Kier molecular flexibility index (Phi) is 5.61. The molecule has 3 aromatic carbocycles. The van der Waals surface area contributed by atoms with Crippen LogP contribution in [0.25, 0.3) is 10.9 Å². The number of benzene rings is 3. The number of ether oxygens (including phenoxy) is 3. The molecule has 0 spiro atoms. The highest BCUT2D eigenvalue weighted by molar-refractivity contribution is 5.78. The number of aryl methyl sites for hydroxylation is 1. The first-order chi connectivity index (χ1) is 14.2. The van der Waals surface area contributed by atoms with Crippen molar-refractivity contribution in [2.24, 2.45) is 0 Å². The van der Waals surface area contributed by atoms with Gasteiger partial charge in [-0.05, 0) is 54.4 Å². The first-order valence-corrected chi connectivity index (χ1v) is 9.55. The van der Waals surface area contributed by atoms with Crippen molar-refractivity contribution in [3.63, 3.8) is 0 Å². The lowest BCUT2D eigenvalue weighted by molar-refractivity contribution is 0.280. The Labute approximate surface area is 170 Å². The Morgan fingerprint density at radius 2 is 1.66 bits per heavy atom. The summed E-state index contributed by atoms with van der Waals surface area (Å²) in [5, 5.41) is 1.13. The van der Waals surface area contributed by atoms with Crippen LogP contribution in [0.4, 0.5) is 0 Å². The zero-order valence-electron chi connectivity index (χ0n) is 16.6. The molecule has 0 N–H and O–H groups in total. The van der Waals surface area contributed by atoms with Gasteiger partial charge in [0.2, 0.25) is 0 Å². The average molecular weight is 385 g/mol. The summed E-state index contributed by atoms with van der Waals surface area (Å²) in [6.07, 6.45) is 0. The maximum absolute atomic E-state index is 5.95. The normalized spacial score (nSPS) is 10.7. The summed E-state index contributed by atoms with van der Waals surface area (Å²) in [6.45, 7) is 2.88. The number of fused-ring (bicyclic) bond motifs is 1. The molecule has 4 nitrogen and oxygen atoms in total. The predicted octanol–water partition coefficient (Wildman–Crippen LogP) is 5.71. The van der Waals surface area contributed by atoms with Crippen LogP contribution in [-0.4, -0.2) is 12.1 Å². The van der Waals surface area contributed by atoms with Crippen LogP contribution < -0.4 is 14.2 Å². The lowest BCUT2D eigenvalue weighted by Crippen LogP contribution is -2.01. The molecule has 0 unspecified atom stereocenters. The molecule has 4 heteroatoms. The van der Waals surface area contributed by atoms with E-state index in [1.54, 1.807) is 7.11 Å². The third-order valence-electron chi connectivity index (χ3n) is 4.65. The van der Waals surface area contributed by atoms with Crippen LogP contribution in [0.1, 0.15) is 16.8 Å². The molecule has 1 heterocycles. The Bertz CT molecular complexity index is 1120. The number of methoxy groups -OCH3 is 1. The van der Waals surface area contributed by atoms with Crippen molar-refractivity contribution < 1.29 is 14.2 Å². The molecule has 0 bridgehead atoms. The highest BCUT2D eigenvalue weighted by atomic mass is 16.5. The monoisotopic (exact) mass is 385 g/mol. The highest BCUT2D eigenvalue weighted by Gasteiger charge is 2.06. The molecule has 0 aliphatic heterocycles. The zero-order chi connectivity index (χ0) is 20.1. The van der Waals surface area contributed by atoms with Crippen LogP contribution >= 0.6 is 0 Å². The second-order valence-electron chi connectivity index (χ2n) is 6.87. The molecule has 4 aromatic rings. The van der Waals surface area contributed by atoms with Gasteiger partial charge in [-0.15, -0.1) is 0 Å². The van der Waals surface area contributed by atoms with Crippen LogP contribution in [0, 0.1) is 6.92 Å². The van der Waals surface area contributed by atoms with Gasteiger partial charge >= 0.3 is 0 Å². The number of nitrogens with zero attached hydrogens (tertiary/aromatic N) is 1. The topological polar surface area (TPSA) is 40.6 Å². The summed E-state index contributed by atoms with van der Waals surface area (Å²) in [6, 6.07) is 26.0. The van der Waals surface area contributed by atoms with Crippen molar-refractivity contribution in [3.8, 4) is 17.2 Å². The number of pyridine rings is 1. The van der Waals surface area contributed by atoms with Crippen LogP contribution in [0.15, 0.2) is 78.9 Å². The fourth-order valence-corrected chi connectivity index (χ4v) is 3.13. The first-order valence-electron chi connectivity index (χ1n) is 9.55. The molecule has 29 heavy (non-hydrogen) atoms. The van der Waals surface area contributed by atoms with Crippen LogP contribution in [-0.2, 0) is 13.2 Å². The minimum Gasteiger partial charge on any atom is -0.493 e. The number of rotatable bonds is 7. The van der Waals surface area contributed by atoms with Gasteiger partial charge < -0.3 is 14.2 Å². The first kappa shape index (κ1) is 18.8. The lowest BCUT2D eigenvalue weighted by Gasteiger charge is -2.12. The Morgan fingerprint density at radius 1 is 0.759 bits per heavy atom. The Balaban J connectivity index is 1.40. The molecular weight excluding hydrogens is 362 g/mol. The van der Waals surface area contributed by atoms with Crippen LogP contribution in [0.3, 0.4) is 0 Å². The molecule has 0 fully saturated rings. The summed E-state index contributed by atoms with van der Waals surface area (Å²) in [4.78, 5) is 4.65. The highest BCUT2D eigenvalue weighted by Crippen LogP contribution is 2.29. The second-order valence-corrected chi connectivity index (χ2v) is 6.87. The minimum atomic E-state index is 0.418. The molecule has 0 radical (unpaired) electrons. The molecule has 0 saturated heterocycles. The van der Waals surface area contributed by atoms with E-state index in [1.807, 2.05) is 73.7 Å². The fraction of sp³-hybridized carbons (Fsp3) is 0.160. The van der Waals surface area contributed by atoms with Crippen molar-refractivity contribution in [1.82, 2.24) is 4.98 Å². The van der Waals surface area contributed by atoms with E-state index in [0.717, 1.165) is 45.0 Å². The number of aromatic nitrogens is 1. The van der Waals surface area contributed by atoms with Gasteiger partial charge in [0.15, 0.2) is 11.5 Å². The molecule has 4 rings (SSSR count). The van der Waals surface area contributed by atoms with E-state index in [1.165, 1.54) is 0 Å². The van der Waals surface area contributed by atoms with Gasteiger partial charge in [0.1, 0.15) is 19.0 Å². The SMILES string of the molecule is COc1cc(C)ccc1OCc1cccc(OCc2ccc3ccccc3n2)c1. The van der Waals surface area contributed by atoms with E-state index >= 15 is 0 Å². The summed E-state index contributed by atoms with van der Waals surface area (Å²) in [7, 11) is 1.65. The van der Waals surface area contributed by atoms with Gasteiger partial charge in [-0.25, -0.2) is 4.98 Å². The summed E-state index contributed by atoms with van der Waals surface area (Å²) in [5.41, 5.74) is 4.03. The number of hydrogen-bond acceptors (Lipinski definition) is 4. The van der Waals surface area contributed by atoms with E-state index in [0.29, 0.717) is 13.2 Å². The van der Waals surface area contributed by atoms with Crippen LogP contribution in [0.2, 0.25) is 0 Å². The zero-order valence-corrected chi connectivity index (χ0v) is 16.6. The van der Waals surface area contributed by atoms with E-state index in [9.17, 15) is 0 Å². The van der Waals surface area contributed by atoms with Crippen molar-refractivity contribution >= 4 is 10.9 Å². The van der Waals surface area contributed by atoms with E-state index < -0.39 is 0 Å². The summed E-state index contributed by atoms with van der Waals surface area (Å²) in [5.74, 6) is 2.25. The summed E-state index contributed by atoms with van der Waals surface area (Å²) >= 11 is 0. The minimum absolute atomic E-state index is 0.418. The predicted molar refractivity (Wildman–Crippen MR) is 115 cm³/mol. The lowest BCUT2D eigenvalue weighted by atomic mass is 10.2. The largest absolute Gasteiger partial charge is 0.493 e. The number of hydrogen-bond donors (Lipinski definition) is 0. The van der Waals surface area contributed by atoms with Crippen molar-refractivity contribution in [2.45, 2.75) is 20.1 Å². The van der Waals surface area contributed by atoms with Crippen LogP contribution in [0.5, 0.6) is 17.2 Å². The van der Waals surface area contributed by atoms with Gasteiger partial charge in [0.05, 0.1) is 18.3 Å². The smallest absolute Gasteiger partial charge is 0.161 e. The molecule has 0 aliphatic rings. The molecule has 0 aliphatic carbocycles. The van der Waals surface area contributed by atoms with Gasteiger partial charge in [-0.1, -0.05) is 42.5 Å². The number of para-hydroxylation sites is 1. The Morgan fingerprint density at radius 3 is 2.55 bits per heavy atom. The average Bonchev–Trinajstić information content (AvgIpc) is 2.77. The third-order valence-corrected chi connectivity index (χ3v) is 4.65. The van der Waals surface area contributed by atoms with Gasteiger partial charge in [0, 0.05) is 5.39 Å². The third kappa shape index (κ3) is 4.66. The van der Waals surface area contributed by atoms with Crippen molar-refractivity contribution in [3.05, 3.63) is 95.7 Å². The molecule has 0 atom stereocenters. The van der Waals surface area contributed by atoms with Gasteiger partial charge in [0.25, 0.3) is 0 Å². The fourth-order valence-electron chi connectivity index (χ4n) is 3.13. The van der Waals surface area contributed by atoms with E-state index in [2.05, 4.69) is 17.1 Å². The van der Waals surface area contributed by atoms with E-state index in [4.69, 9.17) is 14.2 Å². The molecule has 0 amide bonds. The Hall–Kier alpha value is -3.53. The second kappa shape index (κ2) is 8.65. The standard InChI is InChI=1S/C25H23NO3/c1-18-10-13-24(25(14-18)27-2)29-16-19-6-5-8-22(15-19)28-17-21-12-11-20-7-3-4-9-23(20)26-21/h3-15H,16-17H2,1-2H3. The molecule has 146 valence electrons. The molecular formula is C25H23NO3.